The van der Waals surface area contributed by atoms with E-state index in [9.17, 15) is 10.1 Å². The number of furan rings is 1. The van der Waals surface area contributed by atoms with Crippen molar-refractivity contribution in [3.05, 3.63) is 95.1 Å². The summed E-state index contributed by atoms with van der Waals surface area (Å²) in [5.74, 6) is 1.47. The number of nitrogens with one attached hydrogen (secondary N) is 1. The number of rotatable bonds is 9. The average Bonchev–Trinajstić information content (AvgIpc) is 3.49. The number of nitriles is 1. The number of aromatic nitrogens is 1. The van der Waals surface area contributed by atoms with Crippen LogP contribution < -0.4 is 10.1 Å². The molecule has 4 aromatic rings. The van der Waals surface area contributed by atoms with Gasteiger partial charge in [-0.05, 0) is 54.3 Å². The third kappa shape index (κ3) is 6.18. The summed E-state index contributed by atoms with van der Waals surface area (Å²) in [5.41, 5.74) is 4.22. The highest BCUT2D eigenvalue weighted by molar-refractivity contribution is 6.04. The number of fused-ring (bicyclic) bond motifs is 1. The van der Waals surface area contributed by atoms with E-state index in [1.165, 1.54) is 5.56 Å². The monoisotopic (exact) mass is 503 g/mol. The van der Waals surface area contributed by atoms with Crippen LogP contribution in [0.2, 0.25) is 0 Å². The number of aryl methyl sites for hydroxylation is 1. The second kappa shape index (κ2) is 12.1. The van der Waals surface area contributed by atoms with E-state index >= 15 is 0 Å². The van der Waals surface area contributed by atoms with Gasteiger partial charge in [0.25, 0.3) is 5.91 Å². The fraction of sp³-hybridized carbons (Fsp3) is 0.241. The highest BCUT2D eigenvalue weighted by Crippen LogP contribution is 2.28. The Morgan fingerprint density at radius 1 is 1.19 bits per heavy atom. The predicted molar refractivity (Wildman–Crippen MR) is 144 cm³/mol. The lowest BCUT2D eigenvalue weighted by Gasteiger charge is -2.15. The molecule has 0 saturated heterocycles. The summed E-state index contributed by atoms with van der Waals surface area (Å²) in [6, 6.07) is 19.8. The molecule has 2 heterocycles. The minimum absolute atomic E-state index is 0. The average molecular weight is 504 g/mol. The van der Waals surface area contributed by atoms with Gasteiger partial charge in [-0.2, -0.15) is 5.26 Å². The molecular formula is C29H30ClN3O3. The third-order valence-electron chi connectivity index (χ3n) is 5.87. The van der Waals surface area contributed by atoms with E-state index in [4.69, 9.17) is 9.15 Å². The van der Waals surface area contributed by atoms with E-state index in [2.05, 4.69) is 48.9 Å². The van der Waals surface area contributed by atoms with E-state index in [-0.39, 0.29) is 24.5 Å². The number of nitrogens with zero attached hydrogens (tertiary/aromatic N) is 2. The summed E-state index contributed by atoms with van der Waals surface area (Å²) in [4.78, 5) is 12.6. The highest BCUT2D eigenvalue weighted by atomic mass is 35.5. The number of ether oxygens (including phenoxy) is 1. The van der Waals surface area contributed by atoms with Gasteiger partial charge in [-0.1, -0.05) is 44.2 Å². The molecule has 0 aliphatic heterocycles. The number of amides is 1. The molecule has 7 heteroatoms. The molecule has 2 aromatic heterocycles. The molecule has 6 nitrogen and oxygen atoms in total. The van der Waals surface area contributed by atoms with Gasteiger partial charge in [0.05, 0.1) is 19.4 Å². The number of carbonyl (C=O) groups is 1. The Hall–Kier alpha value is -3.95. The first-order valence-corrected chi connectivity index (χ1v) is 11.7. The Morgan fingerprint density at radius 3 is 2.72 bits per heavy atom. The molecule has 0 saturated carbocycles. The Morgan fingerprint density at radius 2 is 2.00 bits per heavy atom. The normalized spacial score (nSPS) is 11.2. The second-order valence-corrected chi connectivity index (χ2v) is 8.77. The molecule has 4 rings (SSSR count). The molecule has 1 amide bonds. The molecule has 2 aromatic carbocycles. The molecule has 0 spiro atoms. The number of para-hydroxylation sites is 1. The van der Waals surface area contributed by atoms with Gasteiger partial charge in [-0.3, -0.25) is 4.79 Å². The second-order valence-electron chi connectivity index (χ2n) is 8.77. The van der Waals surface area contributed by atoms with Gasteiger partial charge in [0, 0.05) is 22.7 Å². The van der Waals surface area contributed by atoms with E-state index in [1.54, 1.807) is 24.5 Å². The molecule has 0 atom stereocenters. The standard InChI is InChI=1S/C29H29N3O3.ClH/c1-20(2)25-11-10-21(3)15-28(25)35-14-12-32-19-23(26-8-4-5-9-27(26)32)16-22(17-30)29(33)31-18-24-7-6-13-34-24;/h4-11,13,15-16,19-20H,12,14,18H2,1-3H3,(H,31,33);1H. The Kier molecular flexibility index (Phi) is 8.99. The zero-order valence-corrected chi connectivity index (χ0v) is 21.5. The molecule has 36 heavy (non-hydrogen) atoms. The van der Waals surface area contributed by atoms with Crippen LogP contribution in [0.5, 0.6) is 5.75 Å². The van der Waals surface area contributed by atoms with Crippen molar-refractivity contribution in [1.29, 1.82) is 5.26 Å². The Balaban J connectivity index is 0.00000361. The van der Waals surface area contributed by atoms with Crippen molar-refractivity contribution >= 4 is 35.3 Å². The lowest BCUT2D eigenvalue weighted by atomic mass is 10.0. The number of carbonyl (C=O) groups excluding carboxylic acids is 1. The van der Waals surface area contributed by atoms with Gasteiger partial charge >= 0.3 is 0 Å². The largest absolute Gasteiger partial charge is 0.491 e. The van der Waals surface area contributed by atoms with Crippen LogP contribution in [0, 0.1) is 18.3 Å². The van der Waals surface area contributed by atoms with Gasteiger partial charge < -0.3 is 19.0 Å². The molecule has 0 radical (unpaired) electrons. The van der Waals surface area contributed by atoms with Crippen molar-refractivity contribution in [2.75, 3.05) is 6.61 Å². The first-order chi connectivity index (χ1) is 17.0. The molecule has 0 fully saturated rings. The third-order valence-corrected chi connectivity index (χ3v) is 5.87. The summed E-state index contributed by atoms with van der Waals surface area (Å²) in [7, 11) is 0. The van der Waals surface area contributed by atoms with Crippen LogP contribution in [0.4, 0.5) is 0 Å². The molecule has 0 aliphatic rings. The quantitative estimate of drug-likeness (QED) is 0.212. The van der Waals surface area contributed by atoms with Crippen LogP contribution in [0.15, 0.2) is 77.0 Å². The number of hydrogen-bond donors (Lipinski definition) is 1. The Labute approximate surface area is 217 Å². The van der Waals surface area contributed by atoms with Crippen LogP contribution >= 0.6 is 12.4 Å². The summed E-state index contributed by atoms with van der Waals surface area (Å²) in [6.45, 7) is 7.74. The smallest absolute Gasteiger partial charge is 0.262 e. The highest BCUT2D eigenvalue weighted by Gasteiger charge is 2.13. The van der Waals surface area contributed by atoms with Crippen molar-refractivity contribution in [2.24, 2.45) is 0 Å². The van der Waals surface area contributed by atoms with E-state index in [1.807, 2.05) is 36.5 Å². The van der Waals surface area contributed by atoms with Gasteiger partial charge in [-0.15, -0.1) is 12.4 Å². The van der Waals surface area contributed by atoms with Crippen LogP contribution in [0.25, 0.3) is 17.0 Å². The maximum atomic E-state index is 12.6. The van der Waals surface area contributed by atoms with Crippen molar-refractivity contribution in [1.82, 2.24) is 9.88 Å². The Bertz CT molecular complexity index is 1400. The van der Waals surface area contributed by atoms with E-state index in [0.717, 1.165) is 27.8 Å². The molecule has 186 valence electrons. The minimum Gasteiger partial charge on any atom is -0.491 e. The molecular weight excluding hydrogens is 474 g/mol. The molecule has 0 aliphatic carbocycles. The van der Waals surface area contributed by atoms with Crippen LogP contribution in [0.3, 0.4) is 0 Å². The van der Waals surface area contributed by atoms with Crippen LogP contribution in [0.1, 0.15) is 42.2 Å². The van der Waals surface area contributed by atoms with Gasteiger partial charge in [0.15, 0.2) is 0 Å². The maximum Gasteiger partial charge on any atom is 0.262 e. The first-order valence-electron chi connectivity index (χ1n) is 11.7. The number of benzene rings is 2. The van der Waals surface area contributed by atoms with Crippen molar-refractivity contribution in [3.8, 4) is 11.8 Å². The summed E-state index contributed by atoms with van der Waals surface area (Å²) in [5, 5.41) is 13.3. The van der Waals surface area contributed by atoms with Crippen molar-refractivity contribution < 1.29 is 13.9 Å². The molecule has 0 bridgehead atoms. The SMILES string of the molecule is Cc1ccc(C(C)C)c(OCCn2cc(C=C(C#N)C(=O)NCc3ccco3)c3ccccc32)c1.Cl. The molecule has 0 unspecified atom stereocenters. The first kappa shape index (κ1) is 26.7. The fourth-order valence-electron chi connectivity index (χ4n) is 4.05. The zero-order chi connectivity index (χ0) is 24.8. The summed E-state index contributed by atoms with van der Waals surface area (Å²) < 4.78 is 13.5. The summed E-state index contributed by atoms with van der Waals surface area (Å²) >= 11 is 0. The van der Waals surface area contributed by atoms with E-state index < -0.39 is 5.91 Å². The predicted octanol–water partition coefficient (Wildman–Crippen LogP) is 6.39. The molecule has 1 N–H and O–H groups in total. The van der Waals surface area contributed by atoms with Gasteiger partial charge in [0.2, 0.25) is 0 Å². The lowest BCUT2D eigenvalue weighted by Crippen LogP contribution is -2.23. The lowest BCUT2D eigenvalue weighted by molar-refractivity contribution is -0.117. The fourth-order valence-corrected chi connectivity index (χ4v) is 4.05. The van der Waals surface area contributed by atoms with Crippen molar-refractivity contribution in [3.63, 3.8) is 0 Å². The number of hydrogen-bond acceptors (Lipinski definition) is 4. The van der Waals surface area contributed by atoms with Gasteiger partial charge in [-0.25, -0.2) is 0 Å². The van der Waals surface area contributed by atoms with Crippen molar-refractivity contribution in [2.45, 2.75) is 39.8 Å². The van der Waals surface area contributed by atoms with Crippen LogP contribution in [-0.2, 0) is 17.9 Å². The van der Waals surface area contributed by atoms with Crippen LogP contribution in [-0.4, -0.2) is 17.1 Å². The summed E-state index contributed by atoms with van der Waals surface area (Å²) in [6.07, 6.45) is 5.14. The van der Waals surface area contributed by atoms with Gasteiger partial charge in [0.1, 0.15) is 29.8 Å². The number of halogens is 1. The van der Waals surface area contributed by atoms with E-state index in [0.29, 0.717) is 24.8 Å². The topological polar surface area (TPSA) is 80.2 Å². The zero-order valence-electron chi connectivity index (χ0n) is 20.7. The minimum atomic E-state index is -0.440. The maximum absolute atomic E-state index is 12.6.